The van der Waals surface area contributed by atoms with E-state index in [1.165, 1.54) is 32.1 Å². The Hall–Kier alpha value is 0.622. The van der Waals surface area contributed by atoms with Crippen molar-refractivity contribution in [3.63, 3.8) is 0 Å². The molecule has 1 nitrogen and oxygen atoms in total. The Morgan fingerprint density at radius 1 is 1.17 bits per heavy atom. The third kappa shape index (κ3) is 3.17. The van der Waals surface area contributed by atoms with Crippen molar-refractivity contribution in [1.29, 1.82) is 0 Å². The van der Waals surface area contributed by atoms with E-state index in [1.54, 1.807) is 0 Å². The third-order valence-electron chi connectivity index (χ3n) is 2.81. The largest absolute Gasteiger partial charge is 0.662 e. The Morgan fingerprint density at radius 2 is 1.75 bits per heavy atom. The summed E-state index contributed by atoms with van der Waals surface area (Å²) in [5.41, 5.74) is 0.628. The minimum atomic E-state index is 0. The summed E-state index contributed by atoms with van der Waals surface area (Å²) in [5.74, 6) is 0. The molecule has 1 saturated heterocycles. The van der Waals surface area contributed by atoms with Crippen LogP contribution < -0.4 is 0 Å². The van der Waals surface area contributed by atoms with Gasteiger partial charge in [0.2, 0.25) is 0 Å². The fourth-order valence-electron chi connectivity index (χ4n) is 2.31. The van der Waals surface area contributed by atoms with Crippen LogP contribution in [0.4, 0.5) is 0 Å². The van der Waals surface area contributed by atoms with Crippen molar-refractivity contribution in [1.82, 2.24) is 0 Å². The van der Waals surface area contributed by atoms with Crippen molar-refractivity contribution in [2.45, 2.75) is 46.0 Å². The van der Waals surface area contributed by atoms with Crippen LogP contribution in [0, 0.1) is 5.41 Å². The molecule has 0 spiro atoms. The van der Waals surface area contributed by atoms with E-state index < -0.39 is 0 Å². The van der Waals surface area contributed by atoms with E-state index in [9.17, 15) is 0 Å². The second-order valence-electron chi connectivity index (χ2n) is 3.86. The van der Waals surface area contributed by atoms with Gasteiger partial charge in [0.05, 0.1) is 0 Å². The fourth-order valence-corrected chi connectivity index (χ4v) is 2.31. The molecule has 0 aromatic carbocycles. The Bertz CT molecular complexity index is 100. The maximum atomic E-state index is 4.47. The SMILES string of the molecule is CCCC1(CCC)CC[N-]C1.[Re]. The fraction of sp³-hybridized carbons (Fsp3) is 1.00. The van der Waals surface area contributed by atoms with E-state index in [-0.39, 0.29) is 20.4 Å². The molecule has 0 N–H and O–H groups in total. The first-order chi connectivity index (χ1) is 5.33. The molecule has 1 fully saturated rings. The van der Waals surface area contributed by atoms with Crippen LogP contribution in [0.15, 0.2) is 0 Å². The molecule has 1 rings (SSSR count). The topological polar surface area (TPSA) is 14.1 Å². The predicted octanol–water partition coefficient (Wildman–Crippen LogP) is 3.35. The van der Waals surface area contributed by atoms with Crippen LogP contribution >= 0.6 is 0 Å². The first-order valence-electron chi connectivity index (χ1n) is 4.96. The van der Waals surface area contributed by atoms with Gasteiger partial charge in [0, 0.05) is 20.4 Å². The Kier molecular flexibility index (Phi) is 6.45. The van der Waals surface area contributed by atoms with Gasteiger partial charge in [0.15, 0.2) is 0 Å². The zero-order valence-corrected chi connectivity index (χ0v) is 11.0. The summed E-state index contributed by atoms with van der Waals surface area (Å²) in [6, 6.07) is 0. The Morgan fingerprint density at radius 3 is 2.08 bits per heavy atom. The summed E-state index contributed by atoms with van der Waals surface area (Å²) in [6.07, 6.45) is 6.80. The van der Waals surface area contributed by atoms with E-state index >= 15 is 0 Å². The Balaban J connectivity index is 0.00000121. The molecule has 1 aliphatic heterocycles. The summed E-state index contributed by atoms with van der Waals surface area (Å²) in [5, 5.41) is 4.47. The van der Waals surface area contributed by atoms with E-state index in [2.05, 4.69) is 19.2 Å². The van der Waals surface area contributed by atoms with Gasteiger partial charge in [-0.05, 0) is 12.8 Å². The van der Waals surface area contributed by atoms with Gasteiger partial charge in [-0.15, -0.1) is 13.1 Å². The summed E-state index contributed by atoms with van der Waals surface area (Å²) in [6.45, 7) is 6.85. The van der Waals surface area contributed by atoms with Crippen molar-refractivity contribution in [3.05, 3.63) is 5.32 Å². The molecule has 1 heterocycles. The van der Waals surface area contributed by atoms with Gasteiger partial charge in [-0.1, -0.05) is 38.5 Å². The molecule has 0 aromatic rings. The monoisotopic (exact) mass is 341 g/mol. The zero-order chi connectivity index (χ0) is 8.16. The van der Waals surface area contributed by atoms with E-state index in [4.69, 9.17) is 0 Å². The predicted molar refractivity (Wildman–Crippen MR) is 50.0 cm³/mol. The van der Waals surface area contributed by atoms with Gasteiger partial charge in [-0.2, -0.15) is 0 Å². The molecule has 1 aliphatic rings. The summed E-state index contributed by atoms with van der Waals surface area (Å²) >= 11 is 0. The molecule has 0 unspecified atom stereocenters. The third-order valence-corrected chi connectivity index (χ3v) is 2.81. The number of hydrogen-bond donors (Lipinski definition) is 0. The van der Waals surface area contributed by atoms with Gasteiger partial charge in [0.25, 0.3) is 0 Å². The number of hydrogen-bond acceptors (Lipinski definition) is 0. The average molecular weight is 340 g/mol. The Labute approximate surface area is 90.3 Å². The second-order valence-corrected chi connectivity index (χ2v) is 3.86. The molecule has 0 bridgehead atoms. The van der Waals surface area contributed by atoms with Crippen LogP contribution in [-0.2, 0) is 20.4 Å². The number of rotatable bonds is 4. The first kappa shape index (κ1) is 12.6. The quantitative estimate of drug-likeness (QED) is 0.745. The standard InChI is InChI=1S/C10H20N.Re/c1-3-5-10(6-4-2)7-8-11-9-10;/h3-9H2,1-2H3;/q-1;. The van der Waals surface area contributed by atoms with Gasteiger partial charge < -0.3 is 5.32 Å². The normalized spacial score (nSPS) is 20.5. The van der Waals surface area contributed by atoms with Gasteiger partial charge in [-0.3, -0.25) is 0 Å². The van der Waals surface area contributed by atoms with Crippen molar-refractivity contribution >= 4 is 0 Å². The van der Waals surface area contributed by atoms with Crippen molar-refractivity contribution in [2.75, 3.05) is 13.1 Å². The zero-order valence-electron chi connectivity index (χ0n) is 8.27. The molecule has 0 amide bonds. The molecule has 0 saturated carbocycles. The molecule has 0 atom stereocenters. The van der Waals surface area contributed by atoms with E-state index in [1.807, 2.05) is 0 Å². The average Bonchev–Trinajstić information content (AvgIpc) is 2.39. The van der Waals surface area contributed by atoms with Gasteiger partial charge in [0.1, 0.15) is 0 Å². The molecular weight excluding hydrogens is 320 g/mol. The minimum absolute atomic E-state index is 0. The summed E-state index contributed by atoms with van der Waals surface area (Å²) in [7, 11) is 0. The van der Waals surface area contributed by atoms with Gasteiger partial charge >= 0.3 is 0 Å². The second kappa shape index (κ2) is 6.13. The molecule has 0 aromatic heterocycles. The summed E-state index contributed by atoms with van der Waals surface area (Å²) < 4.78 is 0. The maximum absolute atomic E-state index is 4.47. The van der Waals surface area contributed by atoms with E-state index in [0.29, 0.717) is 5.41 Å². The molecule has 12 heavy (non-hydrogen) atoms. The maximum Gasteiger partial charge on any atom is 0 e. The molecule has 0 aliphatic carbocycles. The molecule has 73 valence electrons. The smallest absolute Gasteiger partial charge is 0 e. The van der Waals surface area contributed by atoms with Crippen molar-refractivity contribution in [2.24, 2.45) is 5.41 Å². The molecule has 2 heteroatoms. The summed E-state index contributed by atoms with van der Waals surface area (Å²) in [4.78, 5) is 0. The van der Waals surface area contributed by atoms with Gasteiger partial charge in [-0.25, -0.2) is 0 Å². The van der Waals surface area contributed by atoms with Crippen LogP contribution in [0.3, 0.4) is 0 Å². The van der Waals surface area contributed by atoms with Crippen molar-refractivity contribution < 1.29 is 20.4 Å². The van der Waals surface area contributed by atoms with Crippen LogP contribution in [-0.4, -0.2) is 13.1 Å². The van der Waals surface area contributed by atoms with Crippen LogP contribution in [0.2, 0.25) is 0 Å². The molecular formula is C10H20NRe-. The first-order valence-corrected chi connectivity index (χ1v) is 4.96. The van der Waals surface area contributed by atoms with Crippen LogP contribution in [0.1, 0.15) is 46.0 Å². The van der Waals surface area contributed by atoms with Crippen LogP contribution in [0.25, 0.3) is 5.32 Å². The molecule has 1 radical (unpaired) electrons. The number of nitrogens with zero attached hydrogens (tertiary/aromatic N) is 1. The van der Waals surface area contributed by atoms with E-state index in [0.717, 1.165) is 13.1 Å². The van der Waals surface area contributed by atoms with Crippen molar-refractivity contribution in [3.8, 4) is 0 Å². The minimum Gasteiger partial charge on any atom is -0.662 e. The van der Waals surface area contributed by atoms with Crippen LogP contribution in [0.5, 0.6) is 0 Å².